The number of amides is 2. The molecular formula is C27H32F3N7O4. The van der Waals surface area contributed by atoms with E-state index in [9.17, 15) is 32.7 Å². The summed E-state index contributed by atoms with van der Waals surface area (Å²) in [5, 5.41) is 23.2. The number of halogens is 3. The lowest BCUT2D eigenvalue weighted by Gasteiger charge is -2.32. The van der Waals surface area contributed by atoms with Crippen molar-refractivity contribution < 1.29 is 32.7 Å². The van der Waals surface area contributed by atoms with Gasteiger partial charge >= 0.3 is 12.1 Å². The summed E-state index contributed by atoms with van der Waals surface area (Å²) in [6.45, 7) is 4.62. The molecule has 1 saturated heterocycles. The van der Waals surface area contributed by atoms with E-state index in [2.05, 4.69) is 22.4 Å². The second-order valence-corrected chi connectivity index (χ2v) is 11.2. The number of carbonyl (C=O) groups excluding carboxylic acids is 2. The number of hydrogen-bond donors (Lipinski definition) is 3. The average molecular weight is 576 g/mol. The number of aromatic nitrogens is 5. The van der Waals surface area contributed by atoms with Crippen LogP contribution < -0.4 is 10.6 Å². The zero-order valence-corrected chi connectivity index (χ0v) is 22.7. The average Bonchev–Trinajstić information content (AvgIpc) is 3.65. The zero-order chi connectivity index (χ0) is 29.5. The topological polar surface area (TPSA) is 144 Å². The highest BCUT2D eigenvalue weighted by atomic mass is 19.4. The van der Waals surface area contributed by atoms with E-state index in [-0.39, 0.29) is 17.4 Å². The second kappa shape index (κ2) is 10.8. The molecule has 14 heteroatoms. The monoisotopic (exact) mass is 575 g/mol. The van der Waals surface area contributed by atoms with E-state index >= 15 is 0 Å². The molecule has 3 N–H and O–H groups in total. The van der Waals surface area contributed by atoms with Crippen LogP contribution in [-0.2, 0) is 22.6 Å². The van der Waals surface area contributed by atoms with E-state index in [0.29, 0.717) is 29.5 Å². The van der Waals surface area contributed by atoms with Gasteiger partial charge in [0.05, 0.1) is 24.1 Å². The molecule has 5 rings (SSSR count). The Hall–Kier alpha value is -3.97. The minimum absolute atomic E-state index is 0.120. The Morgan fingerprint density at radius 3 is 2.61 bits per heavy atom. The highest BCUT2D eigenvalue weighted by Gasteiger charge is 2.59. The van der Waals surface area contributed by atoms with Crippen molar-refractivity contribution in [3.63, 3.8) is 0 Å². The number of aryl methyl sites for hydroxylation is 1. The third-order valence-electron chi connectivity index (χ3n) is 8.38. The third-order valence-corrected chi connectivity index (χ3v) is 8.38. The smallest absolute Gasteiger partial charge is 0.408 e. The molecule has 220 valence electrons. The molecule has 3 aromatic rings. The Morgan fingerprint density at radius 2 is 1.98 bits per heavy atom. The van der Waals surface area contributed by atoms with E-state index in [1.807, 2.05) is 6.92 Å². The maximum Gasteiger partial charge on any atom is 0.408 e. The first-order valence-electron chi connectivity index (χ1n) is 13.7. The molecule has 1 aliphatic heterocycles. The van der Waals surface area contributed by atoms with Gasteiger partial charge in [-0.3, -0.25) is 19.1 Å². The summed E-state index contributed by atoms with van der Waals surface area (Å²) in [5.41, 5.74) is -0.710. The number of nitrogens with zero attached hydrogens (tertiary/aromatic N) is 5. The maximum absolute atomic E-state index is 13.3. The van der Waals surface area contributed by atoms with Crippen molar-refractivity contribution in [3.8, 4) is 0 Å². The fraction of sp³-hybridized carbons (Fsp3) is 0.556. The maximum atomic E-state index is 13.3. The Morgan fingerprint density at radius 1 is 1.24 bits per heavy atom. The largest absolute Gasteiger partial charge is 0.480 e. The first-order valence-corrected chi connectivity index (χ1v) is 13.7. The first kappa shape index (κ1) is 28.6. The van der Waals surface area contributed by atoms with Gasteiger partial charge in [-0.1, -0.05) is 19.8 Å². The van der Waals surface area contributed by atoms with Crippen LogP contribution in [0, 0.1) is 17.3 Å². The van der Waals surface area contributed by atoms with Gasteiger partial charge in [-0.05, 0) is 55.7 Å². The van der Waals surface area contributed by atoms with Crippen molar-refractivity contribution in [2.75, 3.05) is 0 Å². The summed E-state index contributed by atoms with van der Waals surface area (Å²) in [7, 11) is 0. The molecule has 0 radical (unpaired) electrons. The quantitative estimate of drug-likeness (QED) is 0.350. The van der Waals surface area contributed by atoms with Gasteiger partial charge in [-0.15, -0.1) is 0 Å². The van der Waals surface area contributed by atoms with Crippen molar-refractivity contribution in [2.24, 2.45) is 17.3 Å². The Kier molecular flexibility index (Phi) is 7.51. The van der Waals surface area contributed by atoms with Crippen molar-refractivity contribution in [2.45, 2.75) is 77.2 Å². The summed E-state index contributed by atoms with van der Waals surface area (Å²) < 4.78 is 43.0. The normalized spacial score (nSPS) is 25.7. The van der Waals surface area contributed by atoms with E-state index in [0.717, 1.165) is 25.7 Å². The lowest BCUT2D eigenvalue weighted by Crippen LogP contribution is -2.41. The van der Waals surface area contributed by atoms with Crippen LogP contribution in [0.3, 0.4) is 0 Å². The van der Waals surface area contributed by atoms with E-state index in [4.69, 9.17) is 4.98 Å². The predicted octanol–water partition coefficient (Wildman–Crippen LogP) is 3.31. The Bertz CT molecular complexity index is 1460. The highest BCUT2D eigenvalue weighted by Crippen LogP contribution is 2.40. The van der Waals surface area contributed by atoms with Gasteiger partial charge in [0.15, 0.2) is 11.1 Å². The molecule has 0 spiro atoms. The molecular weight excluding hydrogens is 543 g/mol. The Balaban J connectivity index is 1.44. The van der Waals surface area contributed by atoms with Crippen LogP contribution in [0.15, 0.2) is 30.7 Å². The fourth-order valence-corrected chi connectivity index (χ4v) is 5.97. The molecule has 2 amide bonds. The molecule has 1 unspecified atom stereocenters. The zero-order valence-electron chi connectivity index (χ0n) is 22.7. The van der Waals surface area contributed by atoms with Crippen molar-refractivity contribution >= 4 is 23.4 Å². The number of alkyl halides is 3. The fourth-order valence-electron chi connectivity index (χ4n) is 5.97. The van der Waals surface area contributed by atoms with Crippen LogP contribution in [0.1, 0.15) is 73.7 Å². The predicted molar refractivity (Wildman–Crippen MR) is 139 cm³/mol. The lowest BCUT2D eigenvalue weighted by atomic mass is 9.78. The number of carboxylic acid groups (broad SMARTS) is 1. The van der Waals surface area contributed by atoms with Gasteiger partial charge < -0.3 is 15.7 Å². The Labute approximate surface area is 233 Å². The molecule has 11 nitrogen and oxygen atoms in total. The van der Waals surface area contributed by atoms with Crippen molar-refractivity contribution in [1.82, 2.24) is 35.0 Å². The van der Waals surface area contributed by atoms with Crippen LogP contribution in [0.25, 0.3) is 5.65 Å². The van der Waals surface area contributed by atoms with Crippen LogP contribution in [0.4, 0.5) is 13.2 Å². The van der Waals surface area contributed by atoms with Gasteiger partial charge in [0.25, 0.3) is 5.91 Å². The standard InChI is InChI=1S/C27H32F3N7O4/c1-3-36-19(8-9-31-36)23(38)35-22(17-6-4-15(2)5-7-17)18-14-37-21(33-18)10-16(13-32-37)11-26(25(40)41)12-20(27(28,29)30)34-24(26)39/h8-10,13-15,17,20,22H,3-7,11-12H2,1-2H3,(H,34,39)(H,35,38)(H,40,41)/t15?,17?,20-,22-,26?/m0/s1. The molecule has 4 heterocycles. The number of rotatable bonds is 8. The number of carbonyl (C=O) groups is 3. The SMILES string of the molecule is CCn1nccc1C(=O)N[C@H](c1cn2ncc(CC3(C(=O)O)C[C@@H](C(F)(F)F)NC3=O)cc2n1)C1CCC(C)CC1. The summed E-state index contributed by atoms with van der Waals surface area (Å²) in [4.78, 5) is 42.6. The molecule has 0 aromatic carbocycles. The number of carboxylic acids is 1. The number of fused-ring (bicyclic) bond motifs is 1. The van der Waals surface area contributed by atoms with Crippen LogP contribution in [-0.4, -0.2) is 59.5 Å². The van der Waals surface area contributed by atoms with E-state index < -0.39 is 48.4 Å². The summed E-state index contributed by atoms with van der Waals surface area (Å²) in [6.07, 6.45) is 2.23. The van der Waals surface area contributed by atoms with Gasteiger partial charge in [-0.2, -0.15) is 23.4 Å². The van der Waals surface area contributed by atoms with E-state index in [1.165, 1.54) is 16.8 Å². The third kappa shape index (κ3) is 5.51. The summed E-state index contributed by atoms with van der Waals surface area (Å²) in [6, 6.07) is 0.492. The minimum atomic E-state index is -4.77. The van der Waals surface area contributed by atoms with Gasteiger partial charge in [0.2, 0.25) is 5.91 Å². The van der Waals surface area contributed by atoms with Crippen molar-refractivity contribution in [3.05, 3.63) is 47.7 Å². The molecule has 2 fully saturated rings. The molecule has 41 heavy (non-hydrogen) atoms. The van der Waals surface area contributed by atoms with Gasteiger partial charge in [0, 0.05) is 19.2 Å². The molecule has 3 atom stereocenters. The number of aliphatic carboxylic acids is 1. The van der Waals surface area contributed by atoms with Gasteiger partial charge in [0.1, 0.15) is 11.7 Å². The molecule has 1 aliphatic carbocycles. The second-order valence-electron chi connectivity index (χ2n) is 11.2. The lowest BCUT2D eigenvalue weighted by molar-refractivity contribution is -0.157. The minimum Gasteiger partial charge on any atom is -0.480 e. The van der Waals surface area contributed by atoms with Crippen LogP contribution in [0.5, 0.6) is 0 Å². The molecule has 2 aliphatic rings. The van der Waals surface area contributed by atoms with Crippen molar-refractivity contribution in [1.29, 1.82) is 0 Å². The van der Waals surface area contributed by atoms with E-state index in [1.54, 1.807) is 28.5 Å². The molecule has 1 saturated carbocycles. The molecule has 3 aromatic heterocycles. The molecule has 0 bridgehead atoms. The van der Waals surface area contributed by atoms with Crippen LogP contribution >= 0.6 is 0 Å². The first-order chi connectivity index (χ1) is 19.4. The highest BCUT2D eigenvalue weighted by molar-refractivity contribution is 6.04. The van der Waals surface area contributed by atoms with Crippen LogP contribution in [0.2, 0.25) is 0 Å². The van der Waals surface area contributed by atoms with Gasteiger partial charge in [-0.25, -0.2) is 9.50 Å². The number of nitrogens with one attached hydrogen (secondary N) is 2. The number of imidazole rings is 1. The number of hydrogen-bond acceptors (Lipinski definition) is 6. The summed E-state index contributed by atoms with van der Waals surface area (Å²) >= 11 is 0. The summed E-state index contributed by atoms with van der Waals surface area (Å²) in [5.74, 6) is -2.40.